The quantitative estimate of drug-likeness (QED) is 0.890. The molecule has 0 aliphatic carbocycles. The van der Waals surface area contributed by atoms with Crippen molar-refractivity contribution in [1.82, 2.24) is 10.5 Å². The molecular formula is C17H22N2O3. The van der Waals surface area contributed by atoms with Crippen LogP contribution in [0.15, 0.2) is 28.8 Å². The summed E-state index contributed by atoms with van der Waals surface area (Å²) in [4.78, 5) is 12.2. The molecule has 0 aliphatic heterocycles. The van der Waals surface area contributed by atoms with Crippen LogP contribution in [0.3, 0.4) is 0 Å². The molecule has 0 saturated heterocycles. The molecular weight excluding hydrogens is 280 g/mol. The Morgan fingerprint density at radius 3 is 2.55 bits per heavy atom. The predicted molar refractivity (Wildman–Crippen MR) is 83.8 cm³/mol. The first-order valence-corrected chi connectivity index (χ1v) is 7.45. The normalized spacial score (nSPS) is 12.0. The van der Waals surface area contributed by atoms with E-state index < -0.39 is 0 Å². The highest BCUT2D eigenvalue weighted by Gasteiger charge is 2.15. The van der Waals surface area contributed by atoms with E-state index in [9.17, 15) is 4.79 Å². The van der Waals surface area contributed by atoms with Crippen LogP contribution in [0.5, 0.6) is 5.75 Å². The van der Waals surface area contributed by atoms with Gasteiger partial charge in [0, 0.05) is 5.56 Å². The Bertz CT molecular complexity index is 612. The van der Waals surface area contributed by atoms with Gasteiger partial charge in [-0.1, -0.05) is 17.3 Å². The number of rotatable bonds is 6. The first-order chi connectivity index (χ1) is 10.5. The number of nitrogens with zero attached hydrogens (tertiary/aromatic N) is 1. The second-order valence-corrected chi connectivity index (χ2v) is 5.27. The van der Waals surface area contributed by atoms with Gasteiger partial charge < -0.3 is 14.6 Å². The third-order valence-electron chi connectivity index (χ3n) is 3.59. The van der Waals surface area contributed by atoms with E-state index in [1.165, 1.54) is 0 Å². The minimum absolute atomic E-state index is 0.0456. The topological polar surface area (TPSA) is 64.4 Å². The molecule has 5 nitrogen and oxygen atoms in total. The van der Waals surface area contributed by atoms with E-state index in [0.717, 1.165) is 22.6 Å². The van der Waals surface area contributed by atoms with E-state index in [1.54, 1.807) is 0 Å². The van der Waals surface area contributed by atoms with Crippen LogP contribution < -0.4 is 10.1 Å². The maximum Gasteiger partial charge on any atom is 0.225 e. The lowest BCUT2D eigenvalue weighted by Gasteiger charge is -2.15. The van der Waals surface area contributed by atoms with Crippen LogP contribution in [0.1, 0.15) is 42.5 Å². The highest BCUT2D eigenvalue weighted by atomic mass is 16.5. The molecule has 0 spiro atoms. The van der Waals surface area contributed by atoms with E-state index in [0.29, 0.717) is 12.4 Å². The van der Waals surface area contributed by atoms with Crippen LogP contribution in [-0.2, 0) is 11.2 Å². The number of aromatic nitrogens is 1. The molecule has 5 heteroatoms. The maximum absolute atomic E-state index is 12.2. The molecule has 1 atom stereocenters. The van der Waals surface area contributed by atoms with Crippen LogP contribution in [0, 0.1) is 13.8 Å². The molecule has 1 aromatic heterocycles. The van der Waals surface area contributed by atoms with E-state index in [-0.39, 0.29) is 18.4 Å². The van der Waals surface area contributed by atoms with Crippen LogP contribution in [0.2, 0.25) is 0 Å². The van der Waals surface area contributed by atoms with Gasteiger partial charge in [-0.3, -0.25) is 4.79 Å². The lowest BCUT2D eigenvalue weighted by atomic mass is 10.1. The van der Waals surface area contributed by atoms with Gasteiger partial charge in [0.25, 0.3) is 0 Å². The Morgan fingerprint density at radius 2 is 2.00 bits per heavy atom. The summed E-state index contributed by atoms with van der Waals surface area (Å²) in [5.41, 5.74) is 2.66. The van der Waals surface area contributed by atoms with Gasteiger partial charge in [0.05, 0.1) is 24.8 Å². The average molecular weight is 302 g/mol. The molecule has 1 aromatic carbocycles. The molecule has 0 radical (unpaired) electrons. The molecule has 0 bridgehead atoms. The molecule has 0 fully saturated rings. The van der Waals surface area contributed by atoms with E-state index in [2.05, 4.69) is 10.5 Å². The molecule has 22 heavy (non-hydrogen) atoms. The zero-order valence-electron chi connectivity index (χ0n) is 13.5. The number of nitrogens with one attached hydrogen (secondary N) is 1. The summed E-state index contributed by atoms with van der Waals surface area (Å²) in [7, 11) is 0. The Morgan fingerprint density at radius 1 is 1.32 bits per heavy atom. The number of aryl methyl sites for hydroxylation is 2. The van der Waals surface area contributed by atoms with E-state index in [4.69, 9.17) is 9.26 Å². The first-order valence-electron chi connectivity index (χ1n) is 7.45. The van der Waals surface area contributed by atoms with Crippen molar-refractivity contribution in [2.24, 2.45) is 0 Å². The van der Waals surface area contributed by atoms with Gasteiger partial charge in [-0.25, -0.2) is 0 Å². The fourth-order valence-electron chi connectivity index (χ4n) is 2.31. The first kappa shape index (κ1) is 16.1. The molecule has 0 aliphatic rings. The zero-order valence-corrected chi connectivity index (χ0v) is 13.5. The summed E-state index contributed by atoms with van der Waals surface area (Å²) in [5.74, 6) is 1.48. The van der Waals surface area contributed by atoms with Gasteiger partial charge in [-0.2, -0.15) is 0 Å². The van der Waals surface area contributed by atoms with Crippen LogP contribution in [0.25, 0.3) is 0 Å². The molecule has 118 valence electrons. The Kier molecular flexibility index (Phi) is 5.20. The monoisotopic (exact) mass is 302 g/mol. The second-order valence-electron chi connectivity index (χ2n) is 5.27. The molecule has 1 amide bonds. The van der Waals surface area contributed by atoms with E-state index in [1.807, 2.05) is 52.0 Å². The van der Waals surface area contributed by atoms with Crippen molar-refractivity contribution >= 4 is 5.91 Å². The Balaban J connectivity index is 1.96. The number of hydrogen-bond acceptors (Lipinski definition) is 4. The smallest absolute Gasteiger partial charge is 0.225 e. The Hall–Kier alpha value is -2.30. The third-order valence-corrected chi connectivity index (χ3v) is 3.59. The maximum atomic E-state index is 12.2. The highest BCUT2D eigenvalue weighted by molar-refractivity contribution is 5.79. The van der Waals surface area contributed by atoms with Crippen LogP contribution >= 0.6 is 0 Å². The van der Waals surface area contributed by atoms with Crippen molar-refractivity contribution in [1.29, 1.82) is 0 Å². The average Bonchev–Trinajstić information content (AvgIpc) is 2.80. The Labute approximate surface area is 130 Å². The number of carbonyl (C=O) groups is 1. The summed E-state index contributed by atoms with van der Waals surface area (Å²) in [5, 5.41) is 6.86. The number of carbonyl (C=O) groups excluding carboxylic acids is 1. The van der Waals surface area contributed by atoms with Gasteiger partial charge >= 0.3 is 0 Å². The minimum atomic E-state index is -0.0661. The lowest BCUT2D eigenvalue weighted by Crippen LogP contribution is -2.28. The van der Waals surface area contributed by atoms with Gasteiger partial charge in [0.15, 0.2) is 0 Å². The largest absolute Gasteiger partial charge is 0.494 e. The molecule has 1 unspecified atom stereocenters. The predicted octanol–water partition coefficient (Wildman–Crippen LogP) is 3.11. The summed E-state index contributed by atoms with van der Waals surface area (Å²) in [6.07, 6.45) is 0.280. The summed E-state index contributed by atoms with van der Waals surface area (Å²) < 4.78 is 10.5. The standard InChI is InChI=1S/C17H22N2O3/c1-5-21-15-8-6-14(7-9-15)11(2)18-17(20)10-16-12(3)19-22-13(16)4/h6-9,11H,5,10H2,1-4H3,(H,18,20). The van der Waals surface area contributed by atoms with Gasteiger partial charge in [0.1, 0.15) is 11.5 Å². The number of benzene rings is 1. The van der Waals surface area contributed by atoms with Crippen molar-refractivity contribution in [2.45, 2.75) is 40.2 Å². The number of amides is 1. The molecule has 1 N–H and O–H groups in total. The lowest BCUT2D eigenvalue weighted by molar-refractivity contribution is -0.121. The molecule has 0 saturated carbocycles. The molecule has 2 aromatic rings. The second kappa shape index (κ2) is 7.11. The van der Waals surface area contributed by atoms with Crippen molar-refractivity contribution < 1.29 is 14.1 Å². The summed E-state index contributed by atoms with van der Waals surface area (Å²) in [6.45, 7) is 8.21. The number of ether oxygens (including phenoxy) is 1. The minimum Gasteiger partial charge on any atom is -0.494 e. The zero-order chi connectivity index (χ0) is 16.1. The SMILES string of the molecule is CCOc1ccc(C(C)NC(=O)Cc2c(C)noc2C)cc1. The third kappa shape index (κ3) is 3.87. The van der Waals surface area contributed by atoms with Gasteiger partial charge in [-0.05, 0) is 45.4 Å². The van der Waals surface area contributed by atoms with E-state index >= 15 is 0 Å². The van der Waals surface area contributed by atoms with Gasteiger partial charge in [0.2, 0.25) is 5.91 Å². The van der Waals surface area contributed by atoms with Crippen molar-refractivity contribution in [2.75, 3.05) is 6.61 Å². The van der Waals surface area contributed by atoms with Gasteiger partial charge in [-0.15, -0.1) is 0 Å². The fraction of sp³-hybridized carbons (Fsp3) is 0.412. The summed E-state index contributed by atoms with van der Waals surface area (Å²) >= 11 is 0. The number of hydrogen-bond donors (Lipinski definition) is 1. The van der Waals surface area contributed by atoms with Crippen molar-refractivity contribution in [3.63, 3.8) is 0 Å². The van der Waals surface area contributed by atoms with Crippen LogP contribution in [-0.4, -0.2) is 17.7 Å². The van der Waals surface area contributed by atoms with Crippen molar-refractivity contribution in [3.05, 3.63) is 46.8 Å². The summed E-state index contributed by atoms with van der Waals surface area (Å²) in [6, 6.07) is 7.69. The molecule has 2 rings (SSSR count). The van der Waals surface area contributed by atoms with Crippen LogP contribution in [0.4, 0.5) is 0 Å². The fourth-order valence-corrected chi connectivity index (χ4v) is 2.31. The molecule has 1 heterocycles. The van der Waals surface area contributed by atoms with Crippen molar-refractivity contribution in [3.8, 4) is 5.75 Å². The highest BCUT2D eigenvalue weighted by Crippen LogP contribution is 2.18.